The maximum Gasteiger partial charge on any atom is 0.114 e. The lowest BCUT2D eigenvalue weighted by Crippen LogP contribution is -2.49. The van der Waals surface area contributed by atoms with Gasteiger partial charge in [0.2, 0.25) is 0 Å². The lowest BCUT2D eigenvalue weighted by atomic mass is 9.49. The maximum atomic E-state index is 9.17. The van der Waals surface area contributed by atoms with Crippen LogP contribution < -0.4 is 0 Å². The van der Waals surface area contributed by atoms with Gasteiger partial charge in [-0.25, -0.2) is 4.98 Å². The van der Waals surface area contributed by atoms with Crippen LogP contribution in [0.2, 0.25) is 0 Å². The highest BCUT2D eigenvalue weighted by Gasteiger charge is 2.52. The zero-order chi connectivity index (χ0) is 13.7. The molecule has 5 rings (SSSR count). The molecular formula is C17H20N2S. The fraction of sp³-hybridized carbons (Fsp3) is 0.647. The quantitative estimate of drug-likeness (QED) is 0.766. The number of hydrogen-bond donors (Lipinski definition) is 0. The summed E-state index contributed by atoms with van der Waals surface area (Å²) < 4.78 is 0. The van der Waals surface area contributed by atoms with Crippen molar-refractivity contribution in [2.24, 2.45) is 17.8 Å². The van der Waals surface area contributed by atoms with Crippen LogP contribution in [0.3, 0.4) is 0 Å². The molecule has 4 aliphatic carbocycles. The van der Waals surface area contributed by atoms with E-state index in [1.165, 1.54) is 44.2 Å². The Morgan fingerprint density at radius 3 is 2.25 bits per heavy atom. The molecule has 4 saturated carbocycles. The van der Waals surface area contributed by atoms with Crippen molar-refractivity contribution in [1.82, 2.24) is 4.98 Å². The molecule has 0 amide bonds. The van der Waals surface area contributed by atoms with Crippen molar-refractivity contribution >= 4 is 11.8 Å². The molecule has 0 radical (unpaired) electrons. The molecule has 3 heteroatoms. The van der Waals surface area contributed by atoms with E-state index in [1.54, 1.807) is 11.8 Å². The van der Waals surface area contributed by atoms with Crippen LogP contribution in [0.1, 0.15) is 49.8 Å². The van der Waals surface area contributed by atoms with Crippen molar-refractivity contribution in [3.05, 3.63) is 23.4 Å². The molecule has 1 aromatic rings. The SMILES string of the molecule is CSc1nc(C23CC4CC(CC(C4)C2)C3)ccc1C#N. The van der Waals surface area contributed by atoms with Crippen molar-refractivity contribution in [1.29, 1.82) is 5.26 Å². The van der Waals surface area contributed by atoms with Gasteiger partial charge in [0, 0.05) is 11.1 Å². The van der Waals surface area contributed by atoms with Crippen LogP contribution >= 0.6 is 11.8 Å². The predicted octanol–water partition coefficient (Wildman–Crippen LogP) is 4.14. The zero-order valence-corrected chi connectivity index (χ0v) is 12.7. The van der Waals surface area contributed by atoms with E-state index in [4.69, 9.17) is 4.98 Å². The molecule has 2 nitrogen and oxygen atoms in total. The summed E-state index contributed by atoms with van der Waals surface area (Å²) in [5, 5.41) is 10.1. The van der Waals surface area contributed by atoms with Crippen LogP contribution in [0, 0.1) is 29.1 Å². The van der Waals surface area contributed by atoms with Gasteiger partial charge in [-0.05, 0) is 74.7 Å². The van der Waals surface area contributed by atoms with E-state index >= 15 is 0 Å². The van der Waals surface area contributed by atoms with Crippen molar-refractivity contribution in [3.63, 3.8) is 0 Å². The molecule has 4 bridgehead atoms. The van der Waals surface area contributed by atoms with Crippen LogP contribution in [0.15, 0.2) is 17.2 Å². The van der Waals surface area contributed by atoms with Gasteiger partial charge in [-0.2, -0.15) is 5.26 Å². The maximum absolute atomic E-state index is 9.17. The lowest BCUT2D eigenvalue weighted by Gasteiger charge is -2.56. The fourth-order valence-electron chi connectivity index (χ4n) is 5.40. The van der Waals surface area contributed by atoms with E-state index in [0.29, 0.717) is 5.41 Å². The molecule has 20 heavy (non-hydrogen) atoms. The Hall–Kier alpha value is -1.01. The molecule has 0 N–H and O–H groups in total. The molecule has 0 saturated heterocycles. The van der Waals surface area contributed by atoms with Crippen LogP contribution in [0.5, 0.6) is 0 Å². The molecule has 4 aliphatic rings. The van der Waals surface area contributed by atoms with Gasteiger partial charge in [0.25, 0.3) is 0 Å². The Kier molecular flexibility index (Phi) is 2.86. The Morgan fingerprint density at radius 1 is 1.15 bits per heavy atom. The van der Waals surface area contributed by atoms with Crippen molar-refractivity contribution < 1.29 is 0 Å². The van der Waals surface area contributed by atoms with Gasteiger partial charge in [0.05, 0.1) is 5.56 Å². The highest BCUT2D eigenvalue weighted by molar-refractivity contribution is 7.98. The summed E-state index contributed by atoms with van der Waals surface area (Å²) in [7, 11) is 0. The third-order valence-corrected chi connectivity index (χ3v) is 6.45. The van der Waals surface area contributed by atoms with Crippen LogP contribution in [-0.4, -0.2) is 11.2 Å². The van der Waals surface area contributed by atoms with Gasteiger partial charge in [-0.15, -0.1) is 11.8 Å². The normalized spacial score (nSPS) is 37.9. The first-order chi connectivity index (χ1) is 9.72. The predicted molar refractivity (Wildman–Crippen MR) is 80.6 cm³/mol. The zero-order valence-electron chi connectivity index (χ0n) is 11.9. The van der Waals surface area contributed by atoms with Crippen LogP contribution in [0.4, 0.5) is 0 Å². The van der Waals surface area contributed by atoms with Gasteiger partial charge in [-0.3, -0.25) is 0 Å². The monoisotopic (exact) mass is 284 g/mol. The number of hydrogen-bond acceptors (Lipinski definition) is 3. The van der Waals surface area contributed by atoms with E-state index in [0.717, 1.165) is 28.3 Å². The van der Waals surface area contributed by atoms with Crippen molar-refractivity contribution in [2.45, 2.75) is 49.0 Å². The van der Waals surface area contributed by atoms with Gasteiger partial charge in [-0.1, -0.05) is 0 Å². The lowest BCUT2D eigenvalue weighted by molar-refractivity contribution is -0.00744. The number of rotatable bonds is 2. The Bertz CT molecular complexity index is 552. The van der Waals surface area contributed by atoms with Crippen molar-refractivity contribution in [2.75, 3.05) is 6.26 Å². The first-order valence-electron chi connectivity index (χ1n) is 7.68. The van der Waals surface area contributed by atoms with E-state index in [2.05, 4.69) is 12.1 Å². The summed E-state index contributed by atoms with van der Waals surface area (Å²) in [5.41, 5.74) is 2.35. The molecule has 0 atom stereocenters. The Balaban J connectivity index is 1.75. The third kappa shape index (κ3) is 1.81. The van der Waals surface area contributed by atoms with Crippen LogP contribution in [-0.2, 0) is 5.41 Å². The van der Waals surface area contributed by atoms with Gasteiger partial charge >= 0.3 is 0 Å². The average Bonchev–Trinajstić information content (AvgIpc) is 2.45. The number of nitriles is 1. The van der Waals surface area contributed by atoms with Gasteiger partial charge in [0.15, 0.2) is 0 Å². The second-order valence-electron chi connectivity index (χ2n) is 7.06. The summed E-state index contributed by atoms with van der Waals surface area (Å²) in [6.07, 6.45) is 10.4. The molecule has 0 unspecified atom stereocenters. The minimum absolute atomic E-state index is 0.340. The molecular weight excluding hydrogens is 264 g/mol. The Labute approximate surface area is 125 Å². The highest BCUT2D eigenvalue weighted by Crippen LogP contribution is 2.60. The first kappa shape index (κ1) is 12.7. The van der Waals surface area contributed by atoms with Gasteiger partial charge < -0.3 is 0 Å². The molecule has 1 aromatic heterocycles. The number of pyridine rings is 1. The summed E-state index contributed by atoms with van der Waals surface area (Å²) >= 11 is 1.60. The summed E-state index contributed by atoms with van der Waals surface area (Å²) in [5.74, 6) is 2.82. The smallest absolute Gasteiger partial charge is 0.114 e. The number of aromatic nitrogens is 1. The van der Waals surface area contributed by atoms with E-state index in [1.807, 2.05) is 12.3 Å². The minimum atomic E-state index is 0.340. The summed E-state index contributed by atoms with van der Waals surface area (Å²) in [6.45, 7) is 0. The average molecular weight is 284 g/mol. The molecule has 0 aliphatic heterocycles. The van der Waals surface area contributed by atoms with Crippen molar-refractivity contribution in [3.8, 4) is 6.07 Å². The van der Waals surface area contributed by atoms with Gasteiger partial charge in [0.1, 0.15) is 11.1 Å². The second-order valence-corrected chi connectivity index (χ2v) is 7.86. The first-order valence-corrected chi connectivity index (χ1v) is 8.90. The largest absolute Gasteiger partial charge is 0.245 e. The topological polar surface area (TPSA) is 36.7 Å². The highest BCUT2D eigenvalue weighted by atomic mass is 32.2. The summed E-state index contributed by atoms with van der Waals surface area (Å²) in [6, 6.07) is 6.40. The second kappa shape index (κ2) is 4.49. The molecule has 0 aromatic carbocycles. The molecule has 4 fully saturated rings. The minimum Gasteiger partial charge on any atom is -0.245 e. The molecule has 0 spiro atoms. The van der Waals surface area contributed by atoms with E-state index in [-0.39, 0.29) is 0 Å². The standard InChI is InChI=1S/C17H20N2S/c1-20-16-14(10-18)2-3-15(19-16)17-7-11-4-12(8-17)6-13(5-11)9-17/h2-3,11-13H,4-9H2,1H3. The van der Waals surface area contributed by atoms with Crippen LogP contribution in [0.25, 0.3) is 0 Å². The molecule has 1 heterocycles. The third-order valence-electron chi connectivity index (χ3n) is 5.76. The van der Waals surface area contributed by atoms with E-state index in [9.17, 15) is 5.26 Å². The number of nitrogens with zero attached hydrogens (tertiary/aromatic N) is 2. The number of thioether (sulfide) groups is 1. The molecule has 104 valence electrons. The Morgan fingerprint density at radius 2 is 1.75 bits per heavy atom. The van der Waals surface area contributed by atoms with E-state index < -0.39 is 0 Å². The summed E-state index contributed by atoms with van der Waals surface area (Å²) in [4.78, 5) is 4.89. The fourth-order valence-corrected chi connectivity index (χ4v) is 5.92.